The minimum Gasteiger partial charge on any atom is -0.466 e. The summed E-state index contributed by atoms with van der Waals surface area (Å²) in [5.74, 6) is -0.0854. The number of hydrogen-bond acceptors (Lipinski definition) is 5. The number of allylic oxidation sites excluding steroid dienone is 9. The van der Waals surface area contributed by atoms with Crippen LogP contribution in [0.15, 0.2) is 60.8 Å². The molecule has 444 valence electrons. The second-order valence-electron chi connectivity index (χ2n) is 22.8. The zero-order chi connectivity index (χ0) is 55.0. The van der Waals surface area contributed by atoms with Crippen LogP contribution in [-0.4, -0.2) is 47.4 Å². The van der Waals surface area contributed by atoms with E-state index in [9.17, 15) is 19.8 Å². The Balaban J connectivity index is 3.49. The molecule has 0 aromatic carbocycles. The van der Waals surface area contributed by atoms with Crippen molar-refractivity contribution in [2.24, 2.45) is 0 Å². The highest BCUT2D eigenvalue weighted by Crippen LogP contribution is 2.17. The fraction of sp³-hybridized carbons (Fsp3) is 0.829. The Morgan fingerprint density at radius 3 is 1.05 bits per heavy atom. The maximum Gasteiger partial charge on any atom is 0.305 e. The first-order chi connectivity index (χ1) is 37.5. The first-order valence-electron chi connectivity index (χ1n) is 33.6. The van der Waals surface area contributed by atoms with Crippen LogP contribution in [0, 0.1) is 0 Å². The molecule has 0 radical (unpaired) electrons. The highest BCUT2D eigenvalue weighted by molar-refractivity contribution is 5.76. The van der Waals surface area contributed by atoms with E-state index in [1.54, 1.807) is 6.08 Å². The van der Waals surface area contributed by atoms with Crippen molar-refractivity contribution in [1.29, 1.82) is 0 Å². The Morgan fingerprint density at radius 1 is 0.368 bits per heavy atom. The summed E-state index contributed by atoms with van der Waals surface area (Å²) < 4.78 is 5.46. The standard InChI is InChI=1S/C70H129NO5/c1-3-5-7-9-11-13-15-17-18-19-20-21-23-26-29-32-35-39-42-46-50-54-58-62-68(73)67(66-72)71-69(74)63-59-55-51-47-43-40-36-33-30-27-24-22-25-28-31-34-37-41-45-49-53-57-61-65-76-70(75)64-60-56-52-48-44-38-16-14-12-10-8-6-4-2/h8,10,14,16,22,25,27,30,58,62,67-68,72-73H,3-7,9,11-13,15,17-21,23-24,26,28-29,31-57,59-61,63-66H2,1-2H3,(H,71,74)/b10-8-,16-14-,25-22-,30-27-,62-58+. The SMILES string of the molecule is CCC/C=C\C/C=C\CCCCCCCC(=O)OCCCCCCCCCCC/C=C\C/C=C\CCCCCCCCCC(=O)NC(CO)C(O)/C=C/CCCCCCCCCCCCCCCCCCCCCCC. The van der Waals surface area contributed by atoms with Gasteiger partial charge in [-0.3, -0.25) is 9.59 Å². The van der Waals surface area contributed by atoms with Crippen molar-refractivity contribution in [3.05, 3.63) is 60.8 Å². The predicted octanol–water partition coefficient (Wildman–Crippen LogP) is 21.5. The molecule has 0 aromatic rings. The van der Waals surface area contributed by atoms with Gasteiger partial charge in [0.1, 0.15) is 0 Å². The predicted molar refractivity (Wildman–Crippen MR) is 333 cm³/mol. The molecule has 0 aromatic heterocycles. The van der Waals surface area contributed by atoms with Crippen LogP contribution in [-0.2, 0) is 14.3 Å². The van der Waals surface area contributed by atoms with E-state index in [2.05, 4.69) is 67.8 Å². The van der Waals surface area contributed by atoms with E-state index in [0.717, 1.165) is 70.6 Å². The molecular weight excluding hydrogens is 935 g/mol. The topological polar surface area (TPSA) is 95.9 Å². The monoisotopic (exact) mass is 1060 g/mol. The van der Waals surface area contributed by atoms with Crippen LogP contribution in [0.1, 0.15) is 348 Å². The third kappa shape index (κ3) is 60.8. The molecule has 0 aliphatic heterocycles. The molecule has 0 fully saturated rings. The van der Waals surface area contributed by atoms with E-state index in [0.29, 0.717) is 19.4 Å². The van der Waals surface area contributed by atoms with Crippen LogP contribution in [0.5, 0.6) is 0 Å². The summed E-state index contributed by atoms with van der Waals surface area (Å²) in [7, 11) is 0. The van der Waals surface area contributed by atoms with Crippen molar-refractivity contribution < 1.29 is 24.5 Å². The number of ether oxygens (including phenoxy) is 1. The second-order valence-corrected chi connectivity index (χ2v) is 22.8. The summed E-state index contributed by atoms with van der Waals surface area (Å²) in [4.78, 5) is 24.5. The van der Waals surface area contributed by atoms with Gasteiger partial charge in [0.05, 0.1) is 25.4 Å². The van der Waals surface area contributed by atoms with Crippen molar-refractivity contribution in [2.45, 2.75) is 360 Å². The Kier molecular flexibility index (Phi) is 63.0. The molecular formula is C70H129NO5. The van der Waals surface area contributed by atoms with E-state index in [-0.39, 0.29) is 18.5 Å². The lowest BCUT2D eigenvalue weighted by Gasteiger charge is -2.20. The second kappa shape index (κ2) is 65.1. The van der Waals surface area contributed by atoms with E-state index < -0.39 is 12.1 Å². The molecule has 0 rings (SSSR count). The van der Waals surface area contributed by atoms with Gasteiger partial charge in [-0.1, -0.05) is 306 Å². The Labute approximate surface area is 473 Å². The van der Waals surface area contributed by atoms with Gasteiger partial charge in [-0.05, 0) is 89.9 Å². The number of amides is 1. The summed E-state index contributed by atoms with van der Waals surface area (Å²) in [6.07, 6.45) is 85.6. The van der Waals surface area contributed by atoms with Gasteiger partial charge in [0, 0.05) is 12.8 Å². The van der Waals surface area contributed by atoms with Gasteiger partial charge in [-0.15, -0.1) is 0 Å². The maximum atomic E-state index is 12.5. The Bertz CT molecular complexity index is 1320. The van der Waals surface area contributed by atoms with Crippen molar-refractivity contribution in [3.63, 3.8) is 0 Å². The molecule has 0 aliphatic rings. The number of esters is 1. The third-order valence-corrected chi connectivity index (χ3v) is 15.2. The molecule has 3 N–H and O–H groups in total. The smallest absolute Gasteiger partial charge is 0.305 e. The molecule has 6 heteroatoms. The molecule has 0 spiro atoms. The molecule has 0 saturated carbocycles. The normalized spacial score (nSPS) is 12.9. The van der Waals surface area contributed by atoms with Gasteiger partial charge in [-0.2, -0.15) is 0 Å². The van der Waals surface area contributed by atoms with Crippen molar-refractivity contribution in [1.82, 2.24) is 5.32 Å². The quantitative estimate of drug-likeness (QED) is 0.0320. The number of carbonyl (C=O) groups is 2. The van der Waals surface area contributed by atoms with Crippen LogP contribution < -0.4 is 5.32 Å². The molecule has 76 heavy (non-hydrogen) atoms. The zero-order valence-electron chi connectivity index (χ0n) is 50.7. The van der Waals surface area contributed by atoms with Crippen LogP contribution in [0.4, 0.5) is 0 Å². The Hall–Kier alpha value is -2.44. The first kappa shape index (κ1) is 73.6. The summed E-state index contributed by atoms with van der Waals surface area (Å²) in [5.41, 5.74) is 0. The highest BCUT2D eigenvalue weighted by Gasteiger charge is 2.18. The van der Waals surface area contributed by atoms with Crippen LogP contribution in [0.2, 0.25) is 0 Å². The lowest BCUT2D eigenvalue weighted by Crippen LogP contribution is -2.45. The number of unbranched alkanes of at least 4 members (excludes halogenated alkanes) is 43. The lowest BCUT2D eigenvalue weighted by molar-refractivity contribution is -0.143. The van der Waals surface area contributed by atoms with Gasteiger partial charge in [0.2, 0.25) is 5.91 Å². The average Bonchev–Trinajstić information content (AvgIpc) is 3.42. The fourth-order valence-electron chi connectivity index (χ4n) is 10.1. The molecule has 0 saturated heterocycles. The van der Waals surface area contributed by atoms with Gasteiger partial charge >= 0.3 is 5.97 Å². The molecule has 2 atom stereocenters. The number of hydrogen-bond donors (Lipinski definition) is 3. The number of aliphatic hydroxyl groups excluding tert-OH is 2. The molecule has 0 heterocycles. The lowest BCUT2D eigenvalue weighted by atomic mass is 10.0. The average molecular weight is 1060 g/mol. The number of nitrogens with one attached hydrogen (secondary N) is 1. The van der Waals surface area contributed by atoms with Crippen LogP contribution in [0.3, 0.4) is 0 Å². The van der Waals surface area contributed by atoms with Gasteiger partial charge in [0.25, 0.3) is 0 Å². The summed E-state index contributed by atoms with van der Waals surface area (Å²) >= 11 is 0. The van der Waals surface area contributed by atoms with Gasteiger partial charge < -0.3 is 20.3 Å². The first-order valence-corrected chi connectivity index (χ1v) is 33.6. The maximum absolute atomic E-state index is 12.5. The summed E-state index contributed by atoms with van der Waals surface area (Å²) in [5, 5.41) is 23.2. The van der Waals surface area contributed by atoms with E-state index in [1.165, 1.54) is 250 Å². The van der Waals surface area contributed by atoms with Crippen molar-refractivity contribution in [3.8, 4) is 0 Å². The number of aliphatic hydroxyl groups is 2. The largest absolute Gasteiger partial charge is 0.466 e. The van der Waals surface area contributed by atoms with Crippen LogP contribution >= 0.6 is 0 Å². The van der Waals surface area contributed by atoms with Gasteiger partial charge in [0.15, 0.2) is 0 Å². The Morgan fingerprint density at radius 2 is 0.684 bits per heavy atom. The molecule has 0 bridgehead atoms. The molecule has 2 unspecified atom stereocenters. The minimum absolute atomic E-state index is 0.00912. The molecule has 6 nitrogen and oxygen atoms in total. The third-order valence-electron chi connectivity index (χ3n) is 15.2. The molecule has 0 aliphatic carbocycles. The number of rotatable bonds is 62. The van der Waals surface area contributed by atoms with E-state index in [4.69, 9.17) is 4.74 Å². The van der Waals surface area contributed by atoms with E-state index in [1.807, 2.05) is 6.08 Å². The fourth-order valence-corrected chi connectivity index (χ4v) is 10.1. The molecule has 1 amide bonds. The summed E-state index contributed by atoms with van der Waals surface area (Å²) in [6.45, 7) is 4.84. The zero-order valence-corrected chi connectivity index (χ0v) is 50.7. The summed E-state index contributed by atoms with van der Waals surface area (Å²) in [6, 6.07) is -0.638. The number of carbonyl (C=O) groups excluding carboxylic acids is 2. The minimum atomic E-state index is -0.854. The van der Waals surface area contributed by atoms with Crippen molar-refractivity contribution in [2.75, 3.05) is 13.2 Å². The van der Waals surface area contributed by atoms with Gasteiger partial charge in [-0.25, -0.2) is 0 Å². The highest BCUT2D eigenvalue weighted by atomic mass is 16.5. The van der Waals surface area contributed by atoms with E-state index >= 15 is 0 Å². The van der Waals surface area contributed by atoms with Crippen molar-refractivity contribution >= 4 is 11.9 Å². The van der Waals surface area contributed by atoms with Crippen LogP contribution in [0.25, 0.3) is 0 Å².